The number of rotatable bonds is 7. The fourth-order valence-corrected chi connectivity index (χ4v) is 4.43. The van der Waals surface area contributed by atoms with Crippen LogP contribution in [0.15, 0.2) is 77.7 Å². The molecular formula is C20H18ClN3O5S2. The molecule has 11 heteroatoms. The lowest BCUT2D eigenvalue weighted by Gasteiger charge is -2.11. The molecule has 0 atom stereocenters. The van der Waals surface area contributed by atoms with E-state index in [1.165, 1.54) is 42.5 Å². The molecule has 3 rings (SSSR count). The van der Waals surface area contributed by atoms with Crippen LogP contribution in [0.1, 0.15) is 10.4 Å². The number of carbonyl (C=O) groups excluding carboxylic acids is 1. The van der Waals surface area contributed by atoms with E-state index in [9.17, 15) is 21.6 Å². The van der Waals surface area contributed by atoms with Crippen LogP contribution in [0.5, 0.6) is 0 Å². The third-order valence-corrected chi connectivity index (χ3v) is 6.30. The number of amides is 1. The summed E-state index contributed by atoms with van der Waals surface area (Å²) in [6.45, 7) is 0. The summed E-state index contributed by atoms with van der Waals surface area (Å²) in [5.74, 6) is -0.583. The molecule has 3 N–H and O–H groups in total. The summed E-state index contributed by atoms with van der Waals surface area (Å²) < 4.78 is 52.5. The zero-order chi connectivity index (χ0) is 22.6. The normalized spacial score (nSPS) is 11.5. The number of para-hydroxylation sites is 1. The highest BCUT2D eigenvalue weighted by Crippen LogP contribution is 2.23. The van der Waals surface area contributed by atoms with Crippen LogP contribution in [-0.4, -0.2) is 29.0 Å². The molecule has 0 spiro atoms. The van der Waals surface area contributed by atoms with Crippen molar-refractivity contribution >= 4 is 54.6 Å². The predicted octanol–water partition coefficient (Wildman–Crippen LogP) is 3.76. The maximum atomic E-state index is 12.6. The molecule has 0 aromatic heterocycles. The van der Waals surface area contributed by atoms with Gasteiger partial charge in [0.2, 0.25) is 10.0 Å². The van der Waals surface area contributed by atoms with E-state index >= 15 is 0 Å². The van der Waals surface area contributed by atoms with Crippen LogP contribution in [0.3, 0.4) is 0 Å². The van der Waals surface area contributed by atoms with E-state index in [0.717, 1.165) is 6.26 Å². The Morgan fingerprint density at radius 3 is 2.00 bits per heavy atom. The number of carbonyl (C=O) groups is 1. The van der Waals surface area contributed by atoms with Crippen LogP contribution >= 0.6 is 11.6 Å². The van der Waals surface area contributed by atoms with Crippen molar-refractivity contribution in [3.63, 3.8) is 0 Å². The minimum Gasteiger partial charge on any atom is -0.322 e. The Labute approximate surface area is 185 Å². The largest absolute Gasteiger partial charge is 0.322 e. The first-order chi connectivity index (χ1) is 14.5. The predicted molar refractivity (Wildman–Crippen MR) is 122 cm³/mol. The van der Waals surface area contributed by atoms with Crippen molar-refractivity contribution in [1.29, 1.82) is 0 Å². The number of sulfonamides is 2. The molecule has 0 bridgehead atoms. The third kappa shape index (κ3) is 6.20. The van der Waals surface area contributed by atoms with Gasteiger partial charge < -0.3 is 5.32 Å². The molecule has 0 aliphatic rings. The summed E-state index contributed by atoms with van der Waals surface area (Å²) in [6, 6.07) is 18.2. The zero-order valence-electron chi connectivity index (χ0n) is 16.2. The number of nitrogens with one attached hydrogen (secondary N) is 3. The highest BCUT2D eigenvalue weighted by molar-refractivity contribution is 7.92. The molecule has 162 valence electrons. The molecule has 0 aliphatic carbocycles. The molecule has 0 saturated carbocycles. The first-order valence-electron chi connectivity index (χ1n) is 8.80. The van der Waals surface area contributed by atoms with Gasteiger partial charge in [-0.05, 0) is 54.6 Å². The summed E-state index contributed by atoms with van der Waals surface area (Å²) in [5.41, 5.74) is 1.00. The number of anilines is 3. The standard InChI is InChI=1S/C20H18ClN3O5S2/c1-30(26,27)23-16-9-12-19(21)18(13-16)20(25)22-14-7-10-17(11-8-14)31(28,29)24-15-5-3-2-4-6-15/h2-13,23-24H,1H3,(H,22,25). The van der Waals surface area contributed by atoms with Gasteiger partial charge in [-0.15, -0.1) is 0 Å². The summed E-state index contributed by atoms with van der Waals surface area (Å²) in [7, 11) is -7.31. The number of benzene rings is 3. The summed E-state index contributed by atoms with van der Waals surface area (Å²) in [5, 5.41) is 2.73. The summed E-state index contributed by atoms with van der Waals surface area (Å²) >= 11 is 6.06. The summed E-state index contributed by atoms with van der Waals surface area (Å²) in [6.07, 6.45) is 0.990. The average molecular weight is 480 g/mol. The van der Waals surface area contributed by atoms with Gasteiger partial charge in [0.1, 0.15) is 0 Å². The van der Waals surface area contributed by atoms with Gasteiger partial charge in [-0.1, -0.05) is 29.8 Å². The van der Waals surface area contributed by atoms with Crippen molar-refractivity contribution in [2.45, 2.75) is 4.90 Å². The highest BCUT2D eigenvalue weighted by Gasteiger charge is 2.16. The second kappa shape index (κ2) is 8.96. The Morgan fingerprint density at radius 2 is 1.39 bits per heavy atom. The lowest BCUT2D eigenvalue weighted by atomic mass is 10.2. The van der Waals surface area contributed by atoms with Crippen LogP contribution in [0, 0.1) is 0 Å². The van der Waals surface area contributed by atoms with Crippen LogP contribution < -0.4 is 14.8 Å². The second-order valence-corrected chi connectivity index (χ2v) is 10.4. The van der Waals surface area contributed by atoms with Gasteiger partial charge in [-0.25, -0.2) is 16.8 Å². The molecular weight excluding hydrogens is 462 g/mol. The van der Waals surface area contributed by atoms with E-state index in [-0.39, 0.29) is 21.2 Å². The van der Waals surface area contributed by atoms with Crippen molar-refractivity contribution in [2.24, 2.45) is 0 Å². The molecule has 8 nitrogen and oxygen atoms in total. The zero-order valence-corrected chi connectivity index (χ0v) is 18.6. The maximum absolute atomic E-state index is 12.6. The minimum absolute atomic E-state index is 0.0201. The Kier molecular flexibility index (Phi) is 6.54. The molecule has 3 aromatic carbocycles. The lowest BCUT2D eigenvalue weighted by molar-refractivity contribution is 0.102. The van der Waals surface area contributed by atoms with Gasteiger partial charge in [0.05, 0.1) is 21.7 Å². The first-order valence-corrected chi connectivity index (χ1v) is 12.6. The monoisotopic (exact) mass is 479 g/mol. The van der Waals surface area contributed by atoms with Crippen LogP contribution in [-0.2, 0) is 20.0 Å². The Morgan fingerprint density at radius 1 is 0.774 bits per heavy atom. The van der Waals surface area contributed by atoms with Crippen molar-refractivity contribution in [2.75, 3.05) is 21.0 Å². The number of halogens is 1. The smallest absolute Gasteiger partial charge is 0.261 e. The van der Waals surface area contributed by atoms with E-state index in [2.05, 4.69) is 14.8 Å². The van der Waals surface area contributed by atoms with E-state index in [1.807, 2.05) is 0 Å². The number of hydrogen-bond acceptors (Lipinski definition) is 5. The van der Waals surface area contributed by atoms with E-state index in [1.54, 1.807) is 30.3 Å². The van der Waals surface area contributed by atoms with Gasteiger partial charge in [0.25, 0.3) is 15.9 Å². The van der Waals surface area contributed by atoms with E-state index in [0.29, 0.717) is 11.4 Å². The summed E-state index contributed by atoms with van der Waals surface area (Å²) in [4.78, 5) is 12.6. The molecule has 0 heterocycles. The molecule has 1 amide bonds. The number of hydrogen-bond donors (Lipinski definition) is 3. The fourth-order valence-electron chi connectivity index (χ4n) is 2.61. The van der Waals surface area contributed by atoms with Gasteiger partial charge in [-0.3, -0.25) is 14.2 Å². The van der Waals surface area contributed by atoms with Gasteiger partial charge in [0, 0.05) is 17.1 Å². The third-order valence-electron chi connectivity index (χ3n) is 3.96. The van der Waals surface area contributed by atoms with E-state index in [4.69, 9.17) is 11.6 Å². The molecule has 0 fully saturated rings. The molecule has 3 aromatic rings. The average Bonchev–Trinajstić information content (AvgIpc) is 2.69. The molecule has 0 aliphatic heterocycles. The van der Waals surface area contributed by atoms with Crippen LogP contribution in [0.2, 0.25) is 5.02 Å². The van der Waals surface area contributed by atoms with E-state index < -0.39 is 26.0 Å². The van der Waals surface area contributed by atoms with Gasteiger partial charge in [0.15, 0.2) is 0 Å². The van der Waals surface area contributed by atoms with Crippen molar-refractivity contribution in [3.8, 4) is 0 Å². The topological polar surface area (TPSA) is 121 Å². The first kappa shape index (κ1) is 22.6. The minimum atomic E-state index is -3.79. The molecule has 0 unspecified atom stereocenters. The van der Waals surface area contributed by atoms with Gasteiger partial charge >= 0.3 is 0 Å². The van der Waals surface area contributed by atoms with Crippen molar-refractivity contribution < 1.29 is 21.6 Å². The fraction of sp³-hybridized carbons (Fsp3) is 0.0500. The highest BCUT2D eigenvalue weighted by atomic mass is 35.5. The Hall–Kier alpha value is -3.08. The SMILES string of the molecule is CS(=O)(=O)Nc1ccc(Cl)c(C(=O)Nc2ccc(S(=O)(=O)Nc3ccccc3)cc2)c1. The molecule has 0 saturated heterocycles. The molecule has 31 heavy (non-hydrogen) atoms. The second-order valence-electron chi connectivity index (χ2n) is 6.52. The van der Waals surface area contributed by atoms with Crippen molar-refractivity contribution in [3.05, 3.63) is 83.4 Å². The Balaban J connectivity index is 1.75. The lowest BCUT2D eigenvalue weighted by Crippen LogP contribution is -2.15. The quantitative estimate of drug-likeness (QED) is 0.476. The van der Waals surface area contributed by atoms with Gasteiger partial charge in [-0.2, -0.15) is 0 Å². The molecule has 0 radical (unpaired) electrons. The maximum Gasteiger partial charge on any atom is 0.261 e. The van der Waals surface area contributed by atoms with Crippen molar-refractivity contribution in [1.82, 2.24) is 0 Å². The van der Waals surface area contributed by atoms with Crippen LogP contribution in [0.25, 0.3) is 0 Å². The Bertz CT molecular complexity index is 1310. The van der Waals surface area contributed by atoms with Crippen LogP contribution in [0.4, 0.5) is 17.1 Å².